The van der Waals surface area contributed by atoms with Crippen LogP contribution in [0.25, 0.3) is 0 Å². The summed E-state index contributed by atoms with van der Waals surface area (Å²) in [4.78, 5) is 14.1. The number of carbonyl (C=O) groups is 1. The Hall–Kier alpha value is -0.940. The second-order valence-electron chi connectivity index (χ2n) is 4.51. The highest BCUT2D eigenvalue weighted by Gasteiger charge is 2.23. The van der Waals surface area contributed by atoms with Crippen molar-refractivity contribution in [3.63, 3.8) is 0 Å². The van der Waals surface area contributed by atoms with Crippen molar-refractivity contribution in [2.45, 2.75) is 18.9 Å². The number of benzene rings is 1. The van der Waals surface area contributed by atoms with Crippen LogP contribution >= 0.6 is 15.9 Å². The Labute approximate surface area is 114 Å². The first-order valence-corrected chi connectivity index (χ1v) is 6.82. The first kappa shape index (κ1) is 13.5. The molecule has 1 amide bonds. The van der Waals surface area contributed by atoms with Gasteiger partial charge in [-0.2, -0.15) is 0 Å². The maximum Gasteiger partial charge on any atom is 0.253 e. The van der Waals surface area contributed by atoms with E-state index in [1.807, 2.05) is 11.9 Å². The molecule has 3 nitrogen and oxygen atoms in total. The van der Waals surface area contributed by atoms with Gasteiger partial charge in [-0.05, 0) is 54.0 Å². The minimum atomic E-state index is -0.349. The third kappa shape index (κ3) is 2.90. The van der Waals surface area contributed by atoms with Crippen LogP contribution in [-0.4, -0.2) is 37.0 Å². The molecule has 1 aromatic rings. The predicted octanol–water partition coefficient (Wildman–Crippen LogP) is 2.41. The monoisotopic (exact) mass is 314 g/mol. The Morgan fingerprint density at radius 1 is 1.56 bits per heavy atom. The number of nitrogens with zero attached hydrogens (tertiary/aromatic N) is 1. The molecule has 1 aliphatic rings. The number of likely N-dealkylation sites (N-methyl/N-ethyl adjacent to an activating group) is 1. The molecule has 0 bridgehead atoms. The van der Waals surface area contributed by atoms with E-state index >= 15 is 0 Å². The fourth-order valence-corrected chi connectivity index (χ4v) is 2.59. The molecule has 0 aromatic heterocycles. The van der Waals surface area contributed by atoms with Crippen LogP contribution in [0.15, 0.2) is 22.7 Å². The summed E-state index contributed by atoms with van der Waals surface area (Å²) in [6.45, 7) is 1.48. The number of halogens is 2. The van der Waals surface area contributed by atoms with Gasteiger partial charge in [-0.1, -0.05) is 0 Å². The van der Waals surface area contributed by atoms with Crippen molar-refractivity contribution < 1.29 is 9.18 Å². The molecule has 1 N–H and O–H groups in total. The number of piperidine rings is 1. The van der Waals surface area contributed by atoms with Gasteiger partial charge in [-0.3, -0.25) is 4.79 Å². The van der Waals surface area contributed by atoms with E-state index < -0.39 is 0 Å². The molecule has 18 heavy (non-hydrogen) atoms. The summed E-state index contributed by atoms with van der Waals surface area (Å²) in [5, 5.41) is 3.20. The standard InChI is InChI=1S/C13H16BrFN2O/c1-16-10-3-2-6-17(8-10)13(18)9-4-5-12(15)11(14)7-9/h4-5,7,10,16H,2-3,6,8H2,1H3/t10-/m1/s1. The third-order valence-electron chi connectivity index (χ3n) is 3.28. The molecular weight excluding hydrogens is 299 g/mol. The minimum Gasteiger partial charge on any atom is -0.337 e. The number of rotatable bonds is 2. The number of amides is 1. The molecule has 0 saturated carbocycles. The molecule has 1 aromatic carbocycles. The molecular formula is C13H16BrFN2O. The lowest BCUT2D eigenvalue weighted by molar-refractivity contribution is 0.0698. The molecule has 5 heteroatoms. The second-order valence-corrected chi connectivity index (χ2v) is 5.36. The van der Waals surface area contributed by atoms with E-state index in [0.717, 1.165) is 19.4 Å². The van der Waals surface area contributed by atoms with Crippen LogP contribution in [0.3, 0.4) is 0 Å². The van der Waals surface area contributed by atoms with Gasteiger partial charge in [0, 0.05) is 24.7 Å². The minimum absolute atomic E-state index is 0.0318. The van der Waals surface area contributed by atoms with Crippen LogP contribution in [0.5, 0.6) is 0 Å². The maximum absolute atomic E-state index is 13.1. The highest BCUT2D eigenvalue weighted by atomic mass is 79.9. The first-order valence-electron chi connectivity index (χ1n) is 6.03. The van der Waals surface area contributed by atoms with Gasteiger partial charge in [0.2, 0.25) is 0 Å². The highest BCUT2D eigenvalue weighted by Crippen LogP contribution is 2.19. The van der Waals surface area contributed by atoms with Crippen LogP contribution < -0.4 is 5.32 Å². The fraction of sp³-hybridized carbons (Fsp3) is 0.462. The molecule has 2 rings (SSSR count). The number of likely N-dealkylation sites (tertiary alicyclic amines) is 1. The average Bonchev–Trinajstić information content (AvgIpc) is 2.41. The molecule has 1 heterocycles. The van der Waals surface area contributed by atoms with Crippen molar-refractivity contribution in [2.75, 3.05) is 20.1 Å². The van der Waals surface area contributed by atoms with Gasteiger partial charge in [-0.25, -0.2) is 4.39 Å². The van der Waals surface area contributed by atoms with Gasteiger partial charge in [0.15, 0.2) is 0 Å². The molecule has 1 saturated heterocycles. The van der Waals surface area contributed by atoms with E-state index in [-0.39, 0.29) is 11.7 Å². The van der Waals surface area contributed by atoms with Crippen molar-refractivity contribution in [2.24, 2.45) is 0 Å². The number of hydrogen-bond donors (Lipinski definition) is 1. The lowest BCUT2D eigenvalue weighted by Gasteiger charge is -2.32. The van der Waals surface area contributed by atoms with E-state index in [4.69, 9.17) is 0 Å². The lowest BCUT2D eigenvalue weighted by atomic mass is 10.0. The number of nitrogens with one attached hydrogen (secondary N) is 1. The molecule has 1 aliphatic heterocycles. The van der Waals surface area contributed by atoms with Gasteiger partial charge in [0.25, 0.3) is 5.91 Å². The highest BCUT2D eigenvalue weighted by molar-refractivity contribution is 9.10. The van der Waals surface area contributed by atoms with Crippen molar-refractivity contribution in [1.82, 2.24) is 10.2 Å². The summed E-state index contributed by atoms with van der Waals surface area (Å²) >= 11 is 3.11. The Balaban J connectivity index is 2.12. The van der Waals surface area contributed by atoms with Crippen molar-refractivity contribution in [3.8, 4) is 0 Å². The van der Waals surface area contributed by atoms with Crippen LogP contribution in [0.1, 0.15) is 23.2 Å². The van der Waals surface area contributed by atoms with Crippen molar-refractivity contribution >= 4 is 21.8 Å². The Morgan fingerprint density at radius 3 is 3.00 bits per heavy atom. The van der Waals surface area contributed by atoms with Crippen LogP contribution in [0.4, 0.5) is 4.39 Å². The largest absolute Gasteiger partial charge is 0.337 e. The SMILES string of the molecule is CN[C@@H]1CCCN(C(=O)c2ccc(F)c(Br)c2)C1. The maximum atomic E-state index is 13.1. The van der Waals surface area contributed by atoms with Crippen molar-refractivity contribution in [3.05, 3.63) is 34.1 Å². The zero-order chi connectivity index (χ0) is 13.1. The summed E-state index contributed by atoms with van der Waals surface area (Å²) < 4.78 is 13.5. The topological polar surface area (TPSA) is 32.3 Å². The zero-order valence-electron chi connectivity index (χ0n) is 10.2. The lowest BCUT2D eigenvalue weighted by Crippen LogP contribution is -2.46. The normalized spacial score (nSPS) is 19.9. The molecule has 0 aliphatic carbocycles. The first-order chi connectivity index (χ1) is 8.61. The summed E-state index contributed by atoms with van der Waals surface area (Å²) in [7, 11) is 1.91. The van der Waals surface area contributed by atoms with Crippen LogP contribution in [0, 0.1) is 5.82 Å². The van der Waals surface area contributed by atoms with Crippen LogP contribution in [-0.2, 0) is 0 Å². The molecule has 98 valence electrons. The molecule has 1 atom stereocenters. The van der Waals surface area contributed by atoms with E-state index in [9.17, 15) is 9.18 Å². The van der Waals surface area contributed by atoms with Gasteiger partial charge in [-0.15, -0.1) is 0 Å². The van der Waals surface area contributed by atoms with E-state index in [1.54, 1.807) is 6.07 Å². The van der Waals surface area contributed by atoms with E-state index in [2.05, 4.69) is 21.2 Å². The van der Waals surface area contributed by atoms with Gasteiger partial charge in [0.1, 0.15) is 5.82 Å². The Bertz CT molecular complexity index is 453. The summed E-state index contributed by atoms with van der Waals surface area (Å²) in [6.07, 6.45) is 2.09. The summed E-state index contributed by atoms with van der Waals surface area (Å²) in [6, 6.07) is 4.75. The molecule has 0 spiro atoms. The average molecular weight is 315 g/mol. The predicted molar refractivity (Wildman–Crippen MR) is 72.1 cm³/mol. The third-order valence-corrected chi connectivity index (χ3v) is 3.89. The molecule has 0 radical (unpaired) electrons. The molecule has 0 unspecified atom stereocenters. The smallest absolute Gasteiger partial charge is 0.253 e. The summed E-state index contributed by atoms with van der Waals surface area (Å²) in [5.41, 5.74) is 0.528. The van der Waals surface area contributed by atoms with Gasteiger partial charge in [0.05, 0.1) is 4.47 Å². The molecule has 1 fully saturated rings. The van der Waals surface area contributed by atoms with Gasteiger partial charge < -0.3 is 10.2 Å². The summed E-state index contributed by atoms with van der Waals surface area (Å²) in [5.74, 6) is -0.381. The Kier molecular flexibility index (Phi) is 4.35. The van der Waals surface area contributed by atoms with Crippen molar-refractivity contribution in [1.29, 1.82) is 0 Å². The van der Waals surface area contributed by atoms with Gasteiger partial charge >= 0.3 is 0 Å². The number of carbonyl (C=O) groups excluding carboxylic acids is 1. The second kappa shape index (κ2) is 5.80. The zero-order valence-corrected chi connectivity index (χ0v) is 11.8. The fourth-order valence-electron chi connectivity index (χ4n) is 2.21. The van der Waals surface area contributed by atoms with Crippen LogP contribution in [0.2, 0.25) is 0 Å². The quantitative estimate of drug-likeness (QED) is 0.909. The number of hydrogen-bond acceptors (Lipinski definition) is 2. The van der Waals surface area contributed by atoms with E-state index in [1.165, 1.54) is 12.1 Å². The van der Waals surface area contributed by atoms with E-state index in [0.29, 0.717) is 22.6 Å². The Morgan fingerprint density at radius 2 is 2.33 bits per heavy atom.